The Morgan fingerprint density at radius 3 is 2.71 bits per heavy atom. The SMILES string of the molecule is CN(C[C@@H]1CCCN1)c1ccc([N+](=O)[O-])cc1. The van der Waals surface area contributed by atoms with Gasteiger partial charge in [0.15, 0.2) is 0 Å². The topological polar surface area (TPSA) is 58.4 Å². The average Bonchev–Trinajstić information content (AvgIpc) is 2.82. The highest BCUT2D eigenvalue weighted by molar-refractivity contribution is 5.50. The van der Waals surface area contributed by atoms with Crippen LogP contribution in [0.3, 0.4) is 0 Å². The number of nitrogens with zero attached hydrogens (tertiary/aromatic N) is 2. The molecule has 0 bridgehead atoms. The largest absolute Gasteiger partial charge is 0.373 e. The van der Waals surface area contributed by atoms with Crippen LogP contribution in [0.4, 0.5) is 11.4 Å². The van der Waals surface area contributed by atoms with Crippen LogP contribution in [0.1, 0.15) is 12.8 Å². The number of rotatable bonds is 4. The molecule has 92 valence electrons. The third-order valence-electron chi connectivity index (χ3n) is 3.16. The second-order valence-corrected chi connectivity index (χ2v) is 4.45. The van der Waals surface area contributed by atoms with E-state index in [0.29, 0.717) is 6.04 Å². The predicted molar refractivity (Wildman–Crippen MR) is 67.4 cm³/mol. The maximum atomic E-state index is 10.5. The molecule has 0 unspecified atom stereocenters. The quantitative estimate of drug-likeness (QED) is 0.638. The first kappa shape index (κ1) is 11.9. The summed E-state index contributed by atoms with van der Waals surface area (Å²) in [5.41, 5.74) is 1.16. The number of hydrogen-bond acceptors (Lipinski definition) is 4. The van der Waals surface area contributed by atoms with Crippen molar-refractivity contribution in [1.29, 1.82) is 0 Å². The Morgan fingerprint density at radius 1 is 1.47 bits per heavy atom. The summed E-state index contributed by atoms with van der Waals surface area (Å²) in [6.45, 7) is 2.04. The van der Waals surface area contributed by atoms with Gasteiger partial charge >= 0.3 is 0 Å². The van der Waals surface area contributed by atoms with E-state index >= 15 is 0 Å². The summed E-state index contributed by atoms with van der Waals surface area (Å²) in [6, 6.07) is 7.23. The maximum absolute atomic E-state index is 10.5. The lowest BCUT2D eigenvalue weighted by Crippen LogP contribution is -2.35. The highest BCUT2D eigenvalue weighted by Crippen LogP contribution is 2.19. The van der Waals surface area contributed by atoms with Crippen LogP contribution in [0, 0.1) is 10.1 Å². The highest BCUT2D eigenvalue weighted by Gasteiger charge is 2.16. The Labute approximate surface area is 101 Å². The van der Waals surface area contributed by atoms with Crippen LogP contribution in [0.5, 0.6) is 0 Å². The van der Waals surface area contributed by atoms with E-state index in [4.69, 9.17) is 0 Å². The molecule has 0 saturated carbocycles. The van der Waals surface area contributed by atoms with Crippen molar-refractivity contribution in [2.24, 2.45) is 0 Å². The van der Waals surface area contributed by atoms with Gasteiger partial charge in [-0.05, 0) is 31.5 Å². The summed E-state index contributed by atoms with van der Waals surface area (Å²) >= 11 is 0. The van der Waals surface area contributed by atoms with Crippen molar-refractivity contribution in [3.63, 3.8) is 0 Å². The van der Waals surface area contributed by atoms with E-state index in [9.17, 15) is 10.1 Å². The van der Waals surface area contributed by atoms with Crippen LogP contribution in [-0.4, -0.2) is 31.1 Å². The first-order valence-electron chi connectivity index (χ1n) is 5.86. The summed E-state index contributed by atoms with van der Waals surface area (Å²) in [5, 5.41) is 14.0. The molecule has 1 atom stereocenters. The molecule has 1 saturated heterocycles. The molecule has 0 aliphatic carbocycles. The highest BCUT2D eigenvalue weighted by atomic mass is 16.6. The van der Waals surface area contributed by atoms with Gasteiger partial charge in [0.1, 0.15) is 0 Å². The van der Waals surface area contributed by atoms with Crippen LogP contribution in [0.2, 0.25) is 0 Å². The molecule has 0 spiro atoms. The third kappa shape index (κ3) is 2.94. The van der Waals surface area contributed by atoms with Gasteiger partial charge in [-0.15, -0.1) is 0 Å². The van der Waals surface area contributed by atoms with E-state index < -0.39 is 0 Å². The molecule has 5 heteroatoms. The molecule has 0 radical (unpaired) electrons. The number of benzene rings is 1. The number of nitro groups is 1. The standard InChI is InChI=1S/C12H17N3O2/c1-14(9-10-3-2-8-13-10)11-4-6-12(7-5-11)15(16)17/h4-7,10,13H,2-3,8-9H2,1H3/t10-/m0/s1. The van der Waals surface area contributed by atoms with Gasteiger partial charge in [0, 0.05) is 37.5 Å². The van der Waals surface area contributed by atoms with E-state index in [1.165, 1.54) is 12.8 Å². The molecule has 0 aromatic heterocycles. The molecule has 1 fully saturated rings. The molecular formula is C12H17N3O2. The first-order valence-corrected chi connectivity index (χ1v) is 5.86. The van der Waals surface area contributed by atoms with Gasteiger partial charge in [-0.25, -0.2) is 0 Å². The molecule has 2 rings (SSSR count). The minimum absolute atomic E-state index is 0.140. The second-order valence-electron chi connectivity index (χ2n) is 4.45. The van der Waals surface area contributed by atoms with Crippen molar-refractivity contribution in [1.82, 2.24) is 5.32 Å². The van der Waals surface area contributed by atoms with E-state index in [1.54, 1.807) is 24.3 Å². The van der Waals surface area contributed by atoms with E-state index in [-0.39, 0.29) is 10.6 Å². The maximum Gasteiger partial charge on any atom is 0.269 e. The zero-order valence-corrected chi connectivity index (χ0v) is 9.93. The molecule has 1 N–H and O–H groups in total. The normalized spacial score (nSPS) is 19.2. The monoisotopic (exact) mass is 235 g/mol. The fraction of sp³-hybridized carbons (Fsp3) is 0.500. The number of non-ortho nitro benzene ring substituents is 1. The Balaban J connectivity index is 1.98. The number of likely N-dealkylation sites (N-methyl/N-ethyl adjacent to an activating group) is 1. The van der Waals surface area contributed by atoms with E-state index in [1.807, 2.05) is 7.05 Å². The number of nitro benzene ring substituents is 1. The van der Waals surface area contributed by atoms with Crippen LogP contribution >= 0.6 is 0 Å². The third-order valence-corrected chi connectivity index (χ3v) is 3.16. The van der Waals surface area contributed by atoms with Gasteiger partial charge in [-0.3, -0.25) is 10.1 Å². The van der Waals surface area contributed by atoms with Crippen molar-refractivity contribution in [3.8, 4) is 0 Å². The molecular weight excluding hydrogens is 218 g/mol. The average molecular weight is 235 g/mol. The molecule has 1 aliphatic rings. The smallest absolute Gasteiger partial charge is 0.269 e. The first-order chi connectivity index (χ1) is 8.16. The van der Waals surface area contributed by atoms with Gasteiger partial charge in [0.25, 0.3) is 5.69 Å². The molecule has 1 heterocycles. The molecule has 17 heavy (non-hydrogen) atoms. The lowest BCUT2D eigenvalue weighted by molar-refractivity contribution is -0.384. The van der Waals surface area contributed by atoms with Gasteiger partial charge in [-0.2, -0.15) is 0 Å². The molecule has 5 nitrogen and oxygen atoms in total. The van der Waals surface area contributed by atoms with E-state index in [0.717, 1.165) is 18.8 Å². The lowest BCUT2D eigenvalue weighted by Gasteiger charge is -2.23. The fourth-order valence-corrected chi connectivity index (χ4v) is 2.18. The van der Waals surface area contributed by atoms with E-state index in [2.05, 4.69) is 10.2 Å². The van der Waals surface area contributed by atoms with Crippen LogP contribution < -0.4 is 10.2 Å². The Bertz CT molecular complexity index is 385. The van der Waals surface area contributed by atoms with Crippen molar-refractivity contribution >= 4 is 11.4 Å². The molecule has 1 aromatic rings. The van der Waals surface area contributed by atoms with Crippen molar-refractivity contribution in [2.75, 3.05) is 25.0 Å². The predicted octanol–water partition coefficient (Wildman–Crippen LogP) is 1.78. The van der Waals surface area contributed by atoms with Crippen LogP contribution in [0.25, 0.3) is 0 Å². The minimum Gasteiger partial charge on any atom is -0.373 e. The summed E-state index contributed by atoms with van der Waals surface area (Å²) in [4.78, 5) is 12.3. The second kappa shape index (κ2) is 5.14. The zero-order valence-electron chi connectivity index (χ0n) is 9.93. The number of nitrogens with one attached hydrogen (secondary N) is 1. The Hall–Kier alpha value is -1.62. The van der Waals surface area contributed by atoms with Gasteiger partial charge in [0.2, 0.25) is 0 Å². The summed E-state index contributed by atoms with van der Waals surface area (Å²) in [7, 11) is 2.02. The summed E-state index contributed by atoms with van der Waals surface area (Å²) in [5.74, 6) is 0. The van der Waals surface area contributed by atoms with Crippen molar-refractivity contribution < 1.29 is 4.92 Å². The molecule has 1 aromatic carbocycles. The van der Waals surface area contributed by atoms with Gasteiger partial charge < -0.3 is 10.2 Å². The number of hydrogen-bond donors (Lipinski definition) is 1. The minimum atomic E-state index is -0.373. The zero-order chi connectivity index (χ0) is 12.3. The fourth-order valence-electron chi connectivity index (χ4n) is 2.18. The van der Waals surface area contributed by atoms with Crippen LogP contribution in [-0.2, 0) is 0 Å². The van der Waals surface area contributed by atoms with Gasteiger partial charge in [-0.1, -0.05) is 0 Å². The Kier molecular flexibility index (Phi) is 3.58. The van der Waals surface area contributed by atoms with Crippen molar-refractivity contribution in [2.45, 2.75) is 18.9 Å². The summed E-state index contributed by atoms with van der Waals surface area (Å²) in [6.07, 6.45) is 2.44. The lowest BCUT2D eigenvalue weighted by atomic mass is 10.2. The van der Waals surface area contributed by atoms with Crippen LogP contribution in [0.15, 0.2) is 24.3 Å². The van der Waals surface area contributed by atoms with Crippen molar-refractivity contribution in [3.05, 3.63) is 34.4 Å². The summed E-state index contributed by atoms with van der Waals surface area (Å²) < 4.78 is 0. The molecule has 1 aliphatic heterocycles. The van der Waals surface area contributed by atoms with Gasteiger partial charge in [0.05, 0.1) is 4.92 Å². The number of anilines is 1. The Morgan fingerprint density at radius 2 is 2.18 bits per heavy atom. The molecule has 0 amide bonds.